The third-order valence-corrected chi connectivity index (χ3v) is 2.85. The zero-order valence-corrected chi connectivity index (χ0v) is 11.2. The van der Waals surface area contributed by atoms with E-state index in [4.69, 9.17) is 6.42 Å². The van der Waals surface area contributed by atoms with E-state index < -0.39 is 0 Å². The van der Waals surface area contributed by atoms with Crippen molar-refractivity contribution in [3.8, 4) is 12.3 Å². The van der Waals surface area contributed by atoms with Crippen LogP contribution < -0.4 is 0 Å². The van der Waals surface area contributed by atoms with Crippen LogP contribution in [-0.2, 0) is 19.5 Å². The summed E-state index contributed by atoms with van der Waals surface area (Å²) in [6.45, 7) is 2.20. The van der Waals surface area contributed by atoms with Crippen molar-refractivity contribution in [1.82, 2.24) is 19.9 Å². The number of aromatic nitrogens is 3. The van der Waals surface area contributed by atoms with Gasteiger partial charge in [0.25, 0.3) is 0 Å². The fraction of sp³-hybridized carbons (Fsp3) is 0.333. The van der Waals surface area contributed by atoms with E-state index >= 15 is 0 Å². The van der Waals surface area contributed by atoms with Crippen LogP contribution in [0.15, 0.2) is 36.5 Å². The van der Waals surface area contributed by atoms with Gasteiger partial charge in [0.1, 0.15) is 0 Å². The van der Waals surface area contributed by atoms with Gasteiger partial charge in [0, 0.05) is 19.3 Å². The van der Waals surface area contributed by atoms with Crippen molar-refractivity contribution in [2.45, 2.75) is 19.5 Å². The maximum atomic E-state index is 5.27. The minimum absolute atomic E-state index is 0.622. The van der Waals surface area contributed by atoms with Crippen molar-refractivity contribution in [2.75, 3.05) is 13.6 Å². The minimum atomic E-state index is 0.622. The summed E-state index contributed by atoms with van der Waals surface area (Å²) in [5.74, 6) is 2.61. The van der Waals surface area contributed by atoms with E-state index in [-0.39, 0.29) is 0 Å². The van der Waals surface area contributed by atoms with Gasteiger partial charge in [-0.05, 0) is 19.0 Å². The van der Waals surface area contributed by atoms with Gasteiger partial charge in [0.2, 0.25) is 0 Å². The highest BCUT2D eigenvalue weighted by Crippen LogP contribution is 2.03. The topological polar surface area (TPSA) is 34.0 Å². The Morgan fingerprint density at radius 2 is 2.11 bits per heavy atom. The first-order chi connectivity index (χ1) is 9.28. The molecule has 0 aliphatic rings. The molecule has 0 fully saturated rings. The van der Waals surface area contributed by atoms with Gasteiger partial charge in [-0.25, -0.2) is 0 Å². The molecule has 4 heteroatoms. The molecule has 1 heterocycles. The molecule has 0 saturated carbocycles. The van der Waals surface area contributed by atoms with E-state index in [1.54, 1.807) is 0 Å². The summed E-state index contributed by atoms with van der Waals surface area (Å²) in [7, 11) is 1.98. The highest BCUT2D eigenvalue weighted by atomic mass is 15.4. The van der Waals surface area contributed by atoms with E-state index in [2.05, 4.69) is 40.5 Å². The zero-order chi connectivity index (χ0) is 13.5. The average molecular weight is 254 g/mol. The highest BCUT2D eigenvalue weighted by molar-refractivity contribution is 5.14. The van der Waals surface area contributed by atoms with Crippen molar-refractivity contribution in [1.29, 1.82) is 0 Å². The van der Waals surface area contributed by atoms with Crippen molar-refractivity contribution < 1.29 is 0 Å². The summed E-state index contributed by atoms with van der Waals surface area (Å²) in [4.78, 5) is 2.03. The Labute approximate surface area is 114 Å². The second-order valence-corrected chi connectivity index (χ2v) is 4.58. The molecule has 1 aromatic carbocycles. The van der Waals surface area contributed by atoms with Gasteiger partial charge in [-0.2, -0.15) is 0 Å². The van der Waals surface area contributed by atoms with E-state index in [0.717, 1.165) is 25.2 Å². The molecule has 0 N–H and O–H groups in total. The molecule has 0 unspecified atom stereocenters. The Balaban J connectivity index is 1.86. The first-order valence-electron chi connectivity index (χ1n) is 6.33. The first-order valence-corrected chi connectivity index (χ1v) is 6.33. The van der Waals surface area contributed by atoms with E-state index in [9.17, 15) is 0 Å². The normalized spacial score (nSPS) is 10.6. The van der Waals surface area contributed by atoms with Gasteiger partial charge in [0.15, 0.2) is 0 Å². The van der Waals surface area contributed by atoms with Crippen LogP contribution in [0.25, 0.3) is 0 Å². The Kier molecular flexibility index (Phi) is 4.71. The third kappa shape index (κ3) is 4.23. The third-order valence-electron chi connectivity index (χ3n) is 2.85. The first kappa shape index (κ1) is 13.3. The number of terminal acetylenes is 1. The Morgan fingerprint density at radius 1 is 1.32 bits per heavy atom. The molecule has 0 bridgehead atoms. The molecule has 0 atom stereocenters. The molecular formula is C15H18N4. The fourth-order valence-corrected chi connectivity index (χ4v) is 1.90. The summed E-state index contributed by atoms with van der Waals surface area (Å²) in [5.41, 5.74) is 2.26. The number of hydrogen-bond donors (Lipinski definition) is 0. The lowest BCUT2D eigenvalue weighted by atomic mass is 10.1. The van der Waals surface area contributed by atoms with Crippen LogP contribution in [-0.4, -0.2) is 33.5 Å². The lowest BCUT2D eigenvalue weighted by molar-refractivity contribution is 0.364. The number of nitrogens with zero attached hydrogens (tertiary/aromatic N) is 4. The average Bonchev–Trinajstić information content (AvgIpc) is 2.85. The molecule has 19 heavy (non-hydrogen) atoms. The van der Waals surface area contributed by atoms with Crippen LogP contribution in [0, 0.1) is 12.3 Å². The lowest BCUT2D eigenvalue weighted by Gasteiger charge is -2.09. The summed E-state index contributed by atoms with van der Waals surface area (Å²) in [6.07, 6.45) is 8.21. The number of aryl methyl sites for hydroxylation is 2. The maximum absolute atomic E-state index is 5.27. The van der Waals surface area contributed by atoms with E-state index in [1.807, 2.05) is 28.9 Å². The van der Waals surface area contributed by atoms with Crippen molar-refractivity contribution >= 4 is 0 Å². The van der Waals surface area contributed by atoms with Crippen LogP contribution in [0.2, 0.25) is 0 Å². The van der Waals surface area contributed by atoms with Crippen LogP contribution in [0.3, 0.4) is 0 Å². The monoisotopic (exact) mass is 254 g/mol. The molecule has 98 valence electrons. The molecule has 4 nitrogen and oxygen atoms in total. The summed E-state index contributed by atoms with van der Waals surface area (Å²) in [5, 5.41) is 8.29. The SMILES string of the molecule is C#CCN(C)Cc1cn(CCc2ccccc2)nn1. The summed E-state index contributed by atoms with van der Waals surface area (Å²) in [6, 6.07) is 10.4. The van der Waals surface area contributed by atoms with Crippen LogP contribution >= 0.6 is 0 Å². The zero-order valence-electron chi connectivity index (χ0n) is 11.2. The van der Waals surface area contributed by atoms with E-state index in [1.165, 1.54) is 5.56 Å². The predicted molar refractivity (Wildman–Crippen MR) is 75.3 cm³/mol. The minimum Gasteiger partial charge on any atom is -0.289 e. The van der Waals surface area contributed by atoms with Crippen LogP contribution in [0.4, 0.5) is 0 Å². The van der Waals surface area contributed by atoms with Crippen molar-refractivity contribution in [3.05, 3.63) is 47.8 Å². The largest absolute Gasteiger partial charge is 0.289 e. The molecule has 2 rings (SSSR count). The van der Waals surface area contributed by atoms with Crippen LogP contribution in [0.1, 0.15) is 11.3 Å². The quantitative estimate of drug-likeness (QED) is 0.734. The molecular weight excluding hydrogens is 236 g/mol. The standard InChI is InChI=1S/C15H18N4/c1-3-10-18(2)12-15-13-19(17-16-15)11-9-14-7-5-4-6-8-14/h1,4-8,13H,9-12H2,2H3. The van der Waals surface area contributed by atoms with Gasteiger partial charge in [0.05, 0.1) is 12.2 Å². The molecule has 2 aromatic rings. The highest BCUT2D eigenvalue weighted by Gasteiger charge is 2.04. The fourth-order valence-electron chi connectivity index (χ4n) is 1.90. The smallest absolute Gasteiger partial charge is 0.0967 e. The molecule has 0 aliphatic carbocycles. The second kappa shape index (κ2) is 6.72. The van der Waals surface area contributed by atoms with Gasteiger partial charge in [-0.3, -0.25) is 9.58 Å². The Morgan fingerprint density at radius 3 is 2.84 bits per heavy atom. The predicted octanol–water partition coefficient (Wildman–Crippen LogP) is 1.59. The van der Waals surface area contributed by atoms with Gasteiger partial charge in [-0.15, -0.1) is 11.5 Å². The maximum Gasteiger partial charge on any atom is 0.0967 e. The van der Waals surface area contributed by atoms with Gasteiger partial charge >= 0.3 is 0 Å². The number of hydrogen-bond acceptors (Lipinski definition) is 3. The van der Waals surface area contributed by atoms with Gasteiger partial charge < -0.3 is 0 Å². The molecule has 0 aliphatic heterocycles. The van der Waals surface area contributed by atoms with E-state index in [0.29, 0.717) is 6.54 Å². The lowest BCUT2D eigenvalue weighted by Crippen LogP contribution is -2.17. The summed E-state index contributed by atoms with van der Waals surface area (Å²) >= 11 is 0. The second-order valence-electron chi connectivity index (χ2n) is 4.58. The van der Waals surface area contributed by atoms with Crippen molar-refractivity contribution in [3.63, 3.8) is 0 Å². The molecule has 0 spiro atoms. The number of rotatable bonds is 6. The Bertz CT molecular complexity index is 539. The molecule has 0 radical (unpaired) electrons. The number of benzene rings is 1. The molecule has 0 amide bonds. The molecule has 1 aromatic heterocycles. The van der Waals surface area contributed by atoms with Crippen molar-refractivity contribution in [2.24, 2.45) is 0 Å². The molecule has 0 saturated heterocycles. The van der Waals surface area contributed by atoms with Gasteiger partial charge in [-0.1, -0.05) is 41.5 Å². The Hall–Kier alpha value is -2.12. The van der Waals surface area contributed by atoms with Crippen LogP contribution in [0.5, 0.6) is 0 Å². The summed E-state index contributed by atoms with van der Waals surface area (Å²) < 4.78 is 1.88.